The molecule has 3 aromatic rings. The fourth-order valence-electron chi connectivity index (χ4n) is 1.85. The zero-order valence-corrected chi connectivity index (χ0v) is 10.3. The van der Waals surface area contributed by atoms with E-state index in [-0.39, 0.29) is 0 Å². The largest absolute Gasteiger partial charge is 0.446 e. The summed E-state index contributed by atoms with van der Waals surface area (Å²) in [6, 6.07) is 17.6. The molecule has 0 spiro atoms. The van der Waals surface area contributed by atoms with Crippen LogP contribution >= 0.6 is 11.3 Å². The highest BCUT2D eigenvalue weighted by Crippen LogP contribution is 2.33. The van der Waals surface area contributed by atoms with Gasteiger partial charge in [-0.15, -0.1) is 0 Å². The van der Waals surface area contributed by atoms with Crippen LogP contribution in [0.15, 0.2) is 54.6 Å². The van der Waals surface area contributed by atoms with Crippen LogP contribution < -0.4 is 4.74 Å². The van der Waals surface area contributed by atoms with Crippen molar-refractivity contribution in [2.45, 2.75) is 0 Å². The number of hydrogen-bond acceptors (Lipinski definition) is 3. The summed E-state index contributed by atoms with van der Waals surface area (Å²) in [7, 11) is 0. The first-order chi connectivity index (χ1) is 8.86. The minimum absolute atomic E-state index is 0.672. The van der Waals surface area contributed by atoms with Crippen molar-refractivity contribution < 1.29 is 9.53 Å². The van der Waals surface area contributed by atoms with Crippen molar-refractivity contribution in [3.05, 3.63) is 59.5 Å². The van der Waals surface area contributed by atoms with Gasteiger partial charge in [0, 0.05) is 5.39 Å². The van der Waals surface area contributed by atoms with Crippen molar-refractivity contribution >= 4 is 28.4 Å². The molecule has 0 bridgehead atoms. The third kappa shape index (κ3) is 2.00. The Labute approximate surface area is 108 Å². The second kappa shape index (κ2) is 4.63. The van der Waals surface area contributed by atoms with E-state index in [0.717, 1.165) is 27.9 Å². The fraction of sp³-hybridized carbons (Fsp3) is 0. The van der Waals surface area contributed by atoms with Crippen molar-refractivity contribution in [3.63, 3.8) is 0 Å². The lowest BCUT2D eigenvalue weighted by atomic mass is 10.1. The molecule has 3 heteroatoms. The number of hydrogen-bond donors (Lipinski definition) is 0. The number of rotatable bonds is 3. The quantitative estimate of drug-likeness (QED) is 0.643. The maximum Gasteiger partial charge on any atom is 0.181 e. The highest BCUT2D eigenvalue weighted by Gasteiger charge is 2.05. The van der Waals surface area contributed by atoms with Crippen LogP contribution in [0.1, 0.15) is 9.67 Å². The molecule has 2 aromatic carbocycles. The first kappa shape index (κ1) is 11.0. The number of fused-ring (bicyclic) bond motifs is 1. The Balaban J connectivity index is 2.01. The highest BCUT2D eigenvalue weighted by atomic mass is 32.1. The zero-order valence-electron chi connectivity index (χ0n) is 9.50. The molecule has 3 rings (SSSR count). The van der Waals surface area contributed by atoms with E-state index in [1.54, 1.807) is 6.07 Å². The van der Waals surface area contributed by atoms with Crippen LogP contribution in [0.2, 0.25) is 0 Å². The molecule has 0 radical (unpaired) electrons. The van der Waals surface area contributed by atoms with Crippen LogP contribution in [0.5, 0.6) is 10.8 Å². The zero-order chi connectivity index (χ0) is 12.4. The van der Waals surface area contributed by atoms with E-state index < -0.39 is 0 Å². The molecular weight excluding hydrogens is 244 g/mol. The number of benzene rings is 2. The number of carbonyl (C=O) groups is 1. The minimum atomic E-state index is 0.672. The summed E-state index contributed by atoms with van der Waals surface area (Å²) in [5.74, 6) is 0.812. The molecule has 0 saturated carbocycles. The van der Waals surface area contributed by atoms with Crippen molar-refractivity contribution in [1.29, 1.82) is 0 Å². The average molecular weight is 254 g/mol. The third-order valence-electron chi connectivity index (χ3n) is 2.68. The average Bonchev–Trinajstić information content (AvgIpc) is 2.87. The van der Waals surface area contributed by atoms with Crippen LogP contribution in [0, 0.1) is 0 Å². The molecule has 0 N–H and O–H groups in total. The number of ether oxygens (including phenoxy) is 1. The Morgan fingerprint density at radius 1 is 0.944 bits per heavy atom. The smallest absolute Gasteiger partial charge is 0.181 e. The Morgan fingerprint density at radius 2 is 1.78 bits per heavy atom. The van der Waals surface area contributed by atoms with Crippen molar-refractivity contribution in [2.75, 3.05) is 0 Å². The fourth-order valence-corrected chi connectivity index (χ4v) is 2.53. The molecule has 2 nitrogen and oxygen atoms in total. The molecular formula is C15H10O2S. The molecule has 18 heavy (non-hydrogen) atoms. The van der Waals surface area contributed by atoms with E-state index in [0.29, 0.717) is 4.88 Å². The molecule has 0 aliphatic rings. The van der Waals surface area contributed by atoms with E-state index >= 15 is 0 Å². The normalized spacial score (nSPS) is 10.4. The van der Waals surface area contributed by atoms with E-state index in [1.165, 1.54) is 11.3 Å². The number of aldehydes is 1. The monoisotopic (exact) mass is 254 g/mol. The molecule has 0 atom stereocenters. The van der Waals surface area contributed by atoms with Gasteiger partial charge < -0.3 is 4.74 Å². The Morgan fingerprint density at radius 3 is 2.61 bits per heavy atom. The van der Waals surface area contributed by atoms with Gasteiger partial charge in [-0.05, 0) is 23.6 Å². The molecule has 0 aliphatic carbocycles. The van der Waals surface area contributed by atoms with Gasteiger partial charge >= 0.3 is 0 Å². The van der Waals surface area contributed by atoms with Gasteiger partial charge in [0.05, 0.1) is 4.88 Å². The highest BCUT2D eigenvalue weighted by molar-refractivity contribution is 7.15. The van der Waals surface area contributed by atoms with Crippen molar-refractivity contribution in [2.24, 2.45) is 0 Å². The first-order valence-electron chi connectivity index (χ1n) is 5.57. The lowest BCUT2D eigenvalue weighted by molar-refractivity contribution is 0.112. The summed E-state index contributed by atoms with van der Waals surface area (Å²) in [4.78, 5) is 11.3. The predicted molar refractivity (Wildman–Crippen MR) is 73.7 cm³/mol. The SMILES string of the molecule is O=Cc1ccc(Oc2cccc3ccccc23)s1. The van der Waals surface area contributed by atoms with Crippen LogP contribution in [0.25, 0.3) is 10.8 Å². The summed E-state index contributed by atoms with van der Waals surface area (Å²) in [6.07, 6.45) is 0.834. The summed E-state index contributed by atoms with van der Waals surface area (Å²) in [6.45, 7) is 0. The van der Waals surface area contributed by atoms with Gasteiger partial charge in [-0.25, -0.2) is 0 Å². The maximum atomic E-state index is 10.6. The summed E-state index contributed by atoms with van der Waals surface area (Å²) in [5.41, 5.74) is 0. The molecule has 0 fully saturated rings. The van der Waals surface area contributed by atoms with E-state index in [9.17, 15) is 4.79 Å². The van der Waals surface area contributed by atoms with Crippen LogP contribution in [-0.2, 0) is 0 Å². The molecule has 0 unspecified atom stereocenters. The van der Waals surface area contributed by atoms with Crippen LogP contribution in [0.3, 0.4) is 0 Å². The lowest BCUT2D eigenvalue weighted by Crippen LogP contribution is -1.82. The van der Waals surface area contributed by atoms with Gasteiger partial charge in [-0.2, -0.15) is 0 Å². The second-order valence-corrected chi connectivity index (χ2v) is 4.93. The molecule has 0 amide bonds. The molecule has 1 aromatic heterocycles. The Bertz CT molecular complexity index is 695. The van der Waals surface area contributed by atoms with Gasteiger partial charge in [-0.3, -0.25) is 4.79 Å². The van der Waals surface area contributed by atoms with Gasteiger partial charge in [-0.1, -0.05) is 47.7 Å². The maximum absolute atomic E-state index is 10.6. The first-order valence-corrected chi connectivity index (χ1v) is 6.39. The topological polar surface area (TPSA) is 26.3 Å². The van der Waals surface area contributed by atoms with Gasteiger partial charge in [0.1, 0.15) is 5.75 Å². The van der Waals surface area contributed by atoms with E-state index in [4.69, 9.17) is 4.74 Å². The van der Waals surface area contributed by atoms with Crippen LogP contribution in [-0.4, -0.2) is 6.29 Å². The van der Waals surface area contributed by atoms with E-state index in [2.05, 4.69) is 0 Å². The van der Waals surface area contributed by atoms with Gasteiger partial charge in [0.15, 0.2) is 11.3 Å². The third-order valence-corrected chi connectivity index (χ3v) is 3.57. The Hall–Kier alpha value is -2.13. The van der Waals surface area contributed by atoms with Gasteiger partial charge in [0.2, 0.25) is 0 Å². The second-order valence-electron chi connectivity index (χ2n) is 3.85. The van der Waals surface area contributed by atoms with E-state index in [1.807, 2.05) is 48.5 Å². The minimum Gasteiger partial charge on any atom is -0.446 e. The summed E-state index contributed by atoms with van der Waals surface area (Å²) >= 11 is 1.35. The van der Waals surface area contributed by atoms with Crippen LogP contribution in [0.4, 0.5) is 0 Å². The molecule has 88 valence electrons. The predicted octanol–water partition coefficient (Wildman–Crippen LogP) is 4.51. The summed E-state index contributed by atoms with van der Waals surface area (Å²) in [5, 5.41) is 2.94. The molecule has 1 heterocycles. The standard InChI is InChI=1S/C15H10O2S/c16-10-12-8-9-15(18-12)17-14-7-3-5-11-4-1-2-6-13(11)14/h1-10H. The summed E-state index contributed by atoms with van der Waals surface area (Å²) < 4.78 is 5.83. The number of thiophene rings is 1. The molecule has 0 saturated heterocycles. The Kier molecular flexibility index (Phi) is 2.82. The van der Waals surface area contributed by atoms with Gasteiger partial charge in [0.25, 0.3) is 0 Å². The lowest BCUT2D eigenvalue weighted by Gasteiger charge is -2.06. The number of carbonyl (C=O) groups excluding carboxylic acids is 1. The van der Waals surface area contributed by atoms with Crippen molar-refractivity contribution in [1.82, 2.24) is 0 Å². The van der Waals surface area contributed by atoms with Crippen molar-refractivity contribution in [3.8, 4) is 10.8 Å². The molecule has 0 aliphatic heterocycles.